The molecule has 0 saturated carbocycles. The highest BCUT2D eigenvalue weighted by Gasteiger charge is 2.27. The zero-order chi connectivity index (χ0) is 22.4. The number of hydrogen-bond donors (Lipinski definition) is 3. The topological polar surface area (TPSA) is 79.5 Å². The van der Waals surface area contributed by atoms with Gasteiger partial charge in [0, 0.05) is 17.9 Å². The summed E-state index contributed by atoms with van der Waals surface area (Å²) in [5.74, 6) is -0.0408. The van der Waals surface area contributed by atoms with Crippen LogP contribution < -0.4 is 16.0 Å². The number of ether oxygens (including phenoxy) is 1. The molecule has 0 aliphatic heterocycles. The van der Waals surface area contributed by atoms with Gasteiger partial charge in [-0.1, -0.05) is 52.7 Å². The highest BCUT2D eigenvalue weighted by molar-refractivity contribution is 5.91. The standard InChI is InChI=1S/C24H39N3O3/c1-6-11-18(8-3)16-30-24(29)22(21(9-4)27-17-28)23(25-5)19-12-10-13-20(15-19)26-14-7-2/h10,12-13,15,17-18,23,25-26H,6-9,11,14,16H2,1-5H3,(H,27,28)/b22-21+. The molecule has 0 aliphatic carbocycles. The first-order valence-corrected chi connectivity index (χ1v) is 11.2. The van der Waals surface area contributed by atoms with Gasteiger partial charge in [-0.3, -0.25) is 4.79 Å². The molecule has 168 valence electrons. The fourth-order valence-corrected chi connectivity index (χ4v) is 3.52. The predicted octanol–water partition coefficient (Wildman–Crippen LogP) is 4.55. The van der Waals surface area contributed by atoms with Crippen LogP contribution >= 0.6 is 0 Å². The highest BCUT2D eigenvalue weighted by Crippen LogP contribution is 2.28. The molecule has 1 aromatic carbocycles. The second kappa shape index (κ2) is 14.6. The van der Waals surface area contributed by atoms with Crippen molar-refractivity contribution in [2.45, 2.75) is 65.8 Å². The van der Waals surface area contributed by atoms with Gasteiger partial charge in [0.15, 0.2) is 0 Å². The number of anilines is 1. The number of carbonyl (C=O) groups is 2. The van der Waals surface area contributed by atoms with Crippen molar-refractivity contribution < 1.29 is 14.3 Å². The Morgan fingerprint density at radius 1 is 1.17 bits per heavy atom. The van der Waals surface area contributed by atoms with E-state index in [0.29, 0.717) is 36.6 Å². The van der Waals surface area contributed by atoms with Crippen LogP contribution in [0.25, 0.3) is 0 Å². The van der Waals surface area contributed by atoms with Crippen molar-refractivity contribution in [2.24, 2.45) is 5.92 Å². The number of hydrogen-bond acceptors (Lipinski definition) is 5. The Balaban J connectivity index is 3.25. The quantitative estimate of drug-likeness (QED) is 0.222. The van der Waals surface area contributed by atoms with Crippen molar-refractivity contribution in [3.8, 4) is 0 Å². The van der Waals surface area contributed by atoms with Crippen LogP contribution in [-0.2, 0) is 14.3 Å². The summed E-state index contributed by atoms with van der Waals surface area (Å²) < 4.78 is 5.73. The van der Waals surface area contributed by atoms with E-state index in [-0.39, 0.29) is 5.97 Å². The van der Waals surface area contributed by atoms with Gasteiger partial charge in [0.1, 0.15) is 0 Å². The Kier molecular flexibility index (Phi) is 12.5. The van der Waals surface area contributed by atoms with Gasteiger partial charge in [-0.05, 0) is 49.9 Å². The SMILES string of the molecule is CCCNc1cccc(C(NC)/C(C(=O)OCC(CC)CCC)=C(/CC)NC=O)c1. The van der Waals surface area contributed by atoms with Crippen LogP contribution in [0.2, 0.25) is 0 Å². The Bertz CT molecular complexity index is 688. The lowest BCUT2D eigenvalue weighted by atomic mass is 9.95. The van der Waals surface area contributed by atoms with E-state index in [1.807, 2.05) is 38.2 Å². The van der Waals surface area contributed by atoms with Gasteiger partial charge in [0.2, 0.25) is 6.41 Å². The monoisotopic (exact) mass is 417 g/mol. The molecule has 6 nitrogen and oxygen atoms in total. The number of benzene rings is 1. The molecule has 3 N–H and O–H groups in total. The summed E-state index contributed by atoms with van der Waals surface area (Å²) in [6.45, 7) is 9.54. The number of likely N-dealkylation sites (N-methyl/N-ethyl adjacent to an activating group) is 1. The molecule has 0 spiro atoms. The third-order valence-corrected chi connectivity index (χ3v) is 5.23. The molecule has 1 rings (SSSR count). The van der Waals surface area contributed by atoms with Crippen LogP contribution in [0.5, 0.6) is 0 Å². The maximum atomic E-state index is 13.2. The molecular formula is C24H39N3O3. The number of allylic oxidation sites excluding steroid dienone is 1. The van der Waals surface area contributed by atoms with Crippen LogP contribution in [0.3, 0.4) is 0 Å². The maximum absolute atomic E-state index is 13.2. The molecule has 1 aromatic rings. The van der Waals surface area contributed by atoms with Crippen molar-refractivity contribution >= 4 is 18.1 Å². The van der Waals surface area contributed by atoms with Crippen molar-refractivity contribution in [3.05, 3.63) is 41.1 Å². The minimum atomic E-state index is -0.394. The Hall–Kier alpha value is -2.34. The molecule has 0 fully saturated rings. The minimum Gasteiger partial charge on any atom is -0.462 e. The van der Waals surface area contributed by atoms with Crippen LogP contribution in [0.4, 0.5) is 5.69 Å². The lowest BCUT2D eigenvalue weighted by Gasteiger charge is -2.24. The molecule has 0 aromatic heterocycles. The third kappa shape index (κ3) is 7.82. The number of esters is 1. The van der Waals surface area contributed by atoms with Gasteiger partial charge in [-0.25, -0.2) is 4.79 Å². The second-order valence-corrected chi connectivity index (χ2v) is 7.44. The van der Waals surface area contributed by atoms with Gasteiger partial charge in [0.25, 0.3) is 0 Å². The molecule has 30 heavy (non-hydrogen) atoms. The number of carbonyl (C=O) groups excluding carboxylic acids is 2. The molecule has 1 amide bonds. The molecule has 2 unspecified atom stereocenters. The van der Waals surface area contributed by atoms with Crippen molar-refractivity contribution in [1.82, 2.24) is 10.6 Å². The molecule has 0 radical (unpaired) electrons. The maximum Gasteiger partial charge on any atom is 0.337 e. The van der Waals surface area contributed by atoms with Gasteiger partial charge in [-0.2, -0.15) is 0 Å². The molecule has 0 bridgehead atoms. The highest BCUT2D eigenvalue weighted by atomic mass is 16.5. The number of nitrogens with one attached hydrogen (secondary N) is 3. The fraction of sp³-hybridized carbons (Fsp3) is 0.583. The van der Waals surface area contributed by atoms with E-state index < -0.39 is 6.04 Å². The smallest absolute Gasteiger partial charge is 0.337 e. The molecule has 2 atom stereocenters. The van der Waals surface area contributed by atoms with Crippen LogP contribution in [-0.4, -0.2) is 32.6 Å². The summed E-state index contributed by atoms with van der Waals surface area (Å²) in [6, 6.07) is 7.59. The first kappa shape index (κ1) is 25.7. The van der Waals surface area contributed by atoms with E-state index in [4.69, 9.17) is 4.74 Å². The molecular weight excluding hydrogens is 378 g/mol. The molecule has 0 aliphatic rings. The summed E-state index contributed by atoms with van der Waals surface area (Å²) in [5.41, 5.74) is 2.96. The van der Waals surface area contributed by atoms with Crippen molar-refractivity contribution in [3.63, 3.8) is 0 Å². The van der Waals surface area contributed by atoms with Gasteiger partial charge in [0.05, 0.1) is 18.2 Å². The lowest BCUT2D eigenvalue weighted by Crippen LogP contribution is -2.30. The van der Waals surface area contributed by atoms with E-state index in [1.54, 1.807) is 0 Å². The third-order valence-electron chi connectivity index (χ3n) is 5.23. The summed E-state index contributed by atoms with van der Waals surface area (Å²) in [4.78, 5) is 24.4. The summed E-state index contributed by atoms with van der Waals surface area (Å²) >= 11 is 0. The van der Waals surface area contributed by atoms with Crippen LogP contribution in [0.15, 0.2) is 35.5 Å². The normalized spacial score (nSPS) is 13.8. The van der Waals surface area contributed by atoms with Crippen LogP contribution in [0.1, 0.15) is 71.4 Å². The summed E-state index contributed by atoms with van der Waals surface area (Å²) in [7, 11) is 1.81. The second-order valence-electron chi connectivity index (χ2n) is 7.44. The molecule has 6 heteroatoms. The van der Waals surface area contributed by atoms with Gasteiger partial charge >= 0.3 is 5.97 Å². The first-order chi connectivity index (χ1) is 14.6. The van der Waals surface area contributed by atoms with E-state index >= 15 is 0 Å². The minimum absolute atomic E-state index is 0.346. The van der Waals surface area contributed by atoms with E-state index in [9.17, 15) is 9.59 Å². The largest absolute Gasteiger partial charge is 0.462 e. The average molecular weight is 418 g/mol. The van der Waals surface area contributed by atoms with Gasteiger partial charge < -0.3 is 20.7 Å². The van der Waals surface area contributed by atoms with E-state index in [2.05, 4.69) is 36.7 Å². The Morgan fingerprint density at radius 2 is 1.93 bits per heavy atom. The zero-order valence-corrected chi connectivity index (χ0v) is 19.2. The van der Waals surface area contributed by atoms with Crippen LogP contribution in [0, 0.1) is 5.92 Å². The zero-order valence-electron chi connectivity index (χ0n) is 19.2. The number of rotatable bonds is 15. The van der Waals surface area contributed by atoms with Crippen molar-refractivity contribution in [1.29, 1.82) is 0 Å². The van der Waals surface area contributed by atoms with Gasteiger partial charge in [-0.15, -0.1) is 0 Å². The lowest BCUT2D eigenvalue weighted by molar-refractivity contribution is -0.141. The fourth-order valence-electron chi connectivity index (χ4n) is 3.52. The Morgan fingerprint density at radius 3 is 2.50 bits per heavy atom. The van der Waals surface area contributed by atoms with E-state index in [0.717, 1.165) is 43.5 Å². The summed E-state index contributed by atoms with van der Waals surface area (Å²) in [5, 5.41) is 9.34. The number of amides is 1. The molecule has 0 saturated heterocycles. The van der Waals surface area contributed by atoms with Crippen molar-refractivity contribution in [2.75, 3.05) is 25.5 Å². The average Bonchev–Trinajstić information content (AvgIpc) is 2.77. The predicted molar refractivity (Wildman–Crippen MR) is 123 cm³/mol. The Labute approximate surface area is 181 Å². The molecule has 0 heterocycles. The first-order valence-electron chi connectivity index (χ1n) is 11.2. The van der Waals surface area contributed by atoms with E-state index in [1.165, 1.54) is 0 Å². The summed E-state index contributed by atoms with van der Waals surface area (Å²) in [6.07, 6.45) is 5.20.